The lowest BCUT2D eigenvalue weighted by Crippen LogP contribution is -1.85. The predicted molar refractivity (Wildman–Crippen MR) is 44.0 cm³/mol. The van der Waals surface area contributed by atoms with E-state index in [9.17, 15) is 5.11 Å². The lowest BCUT2D eigenvalue weighted by molar-refractivity contribution is 0.407. The van der Waals surface area contributed by atoms with Crippen LogP contribution >= 0.6 is 0 Å². The van der Waals surface area contributed by atoms with Gasteiger partial charge in [-0.1, -0.05) is 6.92 Å². The molecule has 1 aromatic rings. The van der Waals surface area contributed by atoms with E-state index in [2.05, 4.69) is 0 Å². The van der Waals surface area contributed by atoms with Gasteiger partial charge in [-0.25, -0.2) is 0 Å². The Balaban J connectivity index is 3.02. The summed E-state index contributed by atoms with van der Waals surface area (Å²) in [4.78, 5) is 0. The largest absolute Gasteiger partial charge is 0.508 e. The average Bonchev–Trinajstić information content (AvgIpc) is 2.03. The molecule has 0 saturated heterocycles. The summed E-state index contributed by atoms with van der Waals surface area (Å²) in [6.07, 6.45) is 0.908. The van der Waals surface area contributed by atoms with Crippen molar-refractivity contribution in [1.29, 1.82) is 0 Å². The molecule has 1 aromatic carbocycles. The van der Waals surface area contributed by atoms with E-state index >= 15 is 0 Å². The highest BCUT2D eigenvalue weighted by molar-refractivity contribution is 5.37. The molecule has 0 fully saturated rings. The number of aromatic hydroxyl groups is 1. The van der Waals surface area contributed by atoms with Crippen LogP contribution in [0.5, 0.6) is 11.5 Å². The predicted octanol–water partition coefficient (Wildman–Crippen LogP) is 1.96. The maximum Gasteiger partial charge on any atom is 0.122 e. The van der Waals surface area contributed by atoms with E-state index in [1.807, 2.05) is 13.0 Å². The van der Waals surface area contributed by atoms with Crippen molar-refractivity contribution in [2.75, 3.05) is 7.11 Å². The van der Waals surface area contributed by atoms with Crippen LogP contribution in [0.4, 0.5) is 0 Å². The van der Waals surface area contributed by atoms with Crippen molar-refractivity contribution >= 4 is 0 Å². The summed E-state index contributed by atoms with van der Waals surface area (Å²) >= 11 is 0. The quantitative estimate of drug-likeness (QED) is 0.702. The molecule has 0 unspecified atom stereocenters. The molecule has 0 aliphatic rings. The van der Waals surface area contributed by atoms with Gasteiger partial charge < -0.3 is 9.84 Å². The highest BCUT2D eigenvalue weighted by Gasteiger charge is 1.97. The standard InChI is InChI=1S/C9H12O2/c1-3-7-4-8(10)6-9(5-7)11-2/h4-6,10H,3H2,1-2H3. The number of hydrogen-bond acceptors (Lipinski definition) is 2. The zero-order chi connectivity index (χ0) is 8.27. The minimum Gasteiger partial charge on any atom is -0.508 e. The number of rotatable bonds is 2. The average molecular weight is 152 g/mol. The second-order valence-corrected chi connectivity index (χ2v) is 2.39. The van der Waals surface area contributed by atoms with Gasteiger partial charge in [0.25, 0.3) is 0 Å². The fraction of sp³-hybridized carbons (Fsp3) is 0.333. The van der Waals surface area contributed by atoms with Crippen molar-refractivity contribution in [2.45, 2.75) is 13.3 Å². The molecule has 2 nitrogen and oxygen atoms in total. The molecule has 0 saturated carbocycles. The second-order valence-electron chi connectivity index (χ2n) is 2.39. The molecule has 11 heavy (non-hydrogen) atoms. The highest BCUT2D eigenvalue weighted by atomic mass is 16.5. The van der Waals surface area contributed by atoms with Crippen LogP contribution in [0.2, 0.25) is 0 Å². The fourth-order valence-electron chi connectivity index (χ4n) is 0.965. The van der Waals surface area contributed by atoms with E-state index < -0.39 is 0 Å². The van der Waals surface area contributed by atoms with Crippen LogP contribution in [-0.4, -0.2) is 12.2 Å². The molecule has 0 radical (unpaired) electrons. The van der Waals surface area contributed by atoms with Gasteiger partial charge in [-0.15, -0.1) is 0 Å². The number of methoxy groups -OCH3 is 1. The van der Waals surface area contributed by atoms with Crippen LogP contribution in [0.3, 0.4) is 0 Å². The normalized spacial score (nSPS) is 9.64. The van der Waals surface area contributed by atoms with Crippen LogP contribution in [0.25, 0.3) is 0 Å². The Morgan fingerprint density at radius 1 is 1.36 bits per heavy atom. The van der Waals surface area contributed by atoms with Crippen molar-refractivity contribution in [1.82, 2.24) is 0 Å². The Hall–Kier alpha value is -1.18. The molecular weight excluding hydrogens is 140 g/mol. The molecule has 2 heteroatoms. The molecule has 0 aliphatic heterocycles. The van der Waals surface area contributed by atoms with E-state index in [1.165, 1.54) is 0 Å². The number of ether oxygens (including phenoxy) is 1. The summed E-state index contributed by atoms with van der Waals surface area (Å²) in [6, 6.07) is 5.25. The van der Waals surface area contributed by atoms with E-state index in [0.717, 1.165) is 12.0 Å². The molecular formula is C9H12O2. The van der Waals surface area contributed by atoms with Gasteiger partial charge in [0.1, 0.15) is 11.5 Å². The zero-order valence-corrected chi connectivity index (χ0v) is 6.79. The number of benzene rings is 1. The first kappa shape index (κ1) is 7.92. The van der Waals surface area contributed by atoms with Crippen molar-refractivity contribution in [3.05, 3.63) is 23.8 Å². The second kappa shape index (κ2) is 3.28. The Labute approximate surface area is 66.4 Å². The third kappa shape index (κ3) is 1.87. The first-order valence-electron chi connectivity index (χ1n) is 3.63. The van der Waals surface area contributed by atoms with Crippen molar-refractivity contribution < 1.29 is 9.84 Å². The third-order valence-corrected chi connectivity index (χ3v) is 1.60. The number of aryl methyl sites for hydroxylation is 1. The summed E-state index contributed by atoms with van der Waals surface area (Å²) in [5, 5.41) is 9.18. The fourth-order valence-corrected chi connectivity index (χ4v) is 0.965. The number of phenols is 1. The molecule has 0 amide bonds. The number of hydrogen-bond donors (Lipinski definition) is 1. The van der Waals surface area contributed by atoms with Crippen LogP contribution < -0.4 is 4.74 Å². The highest BCUT2D eigenvalue weighted by Crippen LogP contribution is 2.21. The summed E-state index contributed by atoms with van der Waals surface area (Å²) < 4.78 is 4.98. The third-order valence-electron chi connectivity index (χ3n) is 1.60. The van der Waals surface area contributed by atoms with Gasteiger partial charge in [0, 0.05) is 6.07 Å². The van der Waals surface area contributed by atoms with E-state index in [0.29, 0.717) is 5.75 Å². The van der Waals surface area contributed by atoms with Gasteiger partial charge in [0.05, 0.1) is 7.11 Å². The molecule has 0 spiro atoms. The molecule has 0 heterocycles. The molecule has 60 valence electrons. The van der Waals surface area contributed by atoms with Crippen LogP contribution in [-0.2, 0) is 6.42 Å². The SMILES string of the molecule is CCc1cc(O)cc(OC)c1. The summed E-state index contributed by atoms with van der Waals surface area (Å²) in [5.74, 6) is 0.975. The molecule has 0 aromatic heterocycles. The lowest BCUT2D eigenvalue weighted by atomic mass is 10.1. The minimum absolute atomic E-state index is 0.265. The van der Waals surface area contributed by atoms with Crippen molar-refractivity contribution in [3.8, 4) is 11.5 Å². The summed E-state index contributed by atoms with van der Waals surface area (Å²) in [5.41, 5.74) is 1.09. The maximum atomic E-state index is 9.18. The maximum absolute atomic E-state index is 9.18. The lowest BCUT2D eigenvalue weighted by Gasteiger charge is -2.02. The van der Waals surface area contributed by atoms with E-state index in [1.54, 1.807) is 19.2 Å². The Morgan fingerprint density at radius 2 is 2.09 bits per heavy atom. The van der Waals surface area contributed by atoms with Crippen LogP contribution in [0.15, 0.2) is 18.2 Å². The van der Waals surface area contributed by atoms with Crippen molar-refractivity contribution in [3.63, 3.8) is 0 Å². The van der Waals surface area contributed by atoms with Gasteiger partial charge in [-0.3, -0.25) is 0 Å². The molecule has 0 bridgehead atoms. The minimum atomic E-state index is 0.265. The van der Waals surface area contributed by atoms with Gasteiger partial charge in [0.15, 0.2) is 0 Å². The monoisotopic (exact) mass is 152 g/mol. The molecule has 1 rings (SSSR count). The first-order valence-corrected chi connectivity index (χ1v) is 3.63. The molecule has 0 atom stereocenters. The zero-order valence-electron chi connectivity index (χ0n) is 6.79. The van der Waals surface area contributed by atoms with Gasteiger partial charge in [-0.2, -0.15) is 0 Å². The van der Waals surface area contributed by atoms with Gasteiger partial charge in [0.2, 0.25) is 0 Å². The van der Waals surface area contributed by atoms with Gasteiger partial charge >= 0.3 is 0 Å². The van der Waals surface area contributed by atoms with Crippen LogP contribution in [0.1, 0.15) is 12.5 Å². The number of phenolic OH excluding ortho intramolecular Hbond substituents is 1. The van der Waals surface area contributed by atoms with Gasteiger partial charge in [-0.05, 0) is 24.1 Å². The Morgan fingerprint density at radius 3 is 2.64 bits per heavy atom. The summed E-state index contributed by atoms with van der Waals surface area (Å²) in [6.45, 7) is 2.04. The van der Waals surface area contributed by atoms with E-state index in [4.69, 9.17) is 4.74 Å². The summed E-state index contributed by atoms with van der Waals surface area (Å²) in [7, 11) is 1.59. The smallest absolute Gasteiger partial charge is 0.122 e. The topological polar surface area (TPSA) is 29.5 Å². The van der Waals surface area contributed by atoms with Crippen molar-refractivity contribution in [2.24, 2.45) is 0 Å². The first-order chi connectivity index (χ1) is 5.26. The van der Waals surface area contributed by atoms with Crippen LogP contribution in [0, 0.1) is 0 Å². The molecule has 1 N–H and O–H groups in total. The van der Waals surface area contributed by atoms with E-state index in [-0.39, 0.29) is 5.75 Å². The Bertz CT molecular complexity index is 221. The molecule has 0 aliphatic carbocycles. The Kier molecular flexibility index (Phi) is 2.36.